The summed E-state index contributed by atoms with van der Waals surface area (Å²) in [6, 6.07) is 16.0. The van der Waals surface area contributed by atoms with Crippen molar-refractivity contribution >= 4 is 23.1 Å². The lowest BCUT2D eigenvalue weighted by atomic mass is 10.0. The maximum Gasteiger partial charge on any atom is 0.193 e. The first-order valence-electron chi connectivity index (χ1n) is 10.8. The van der Waals surface area contributed by atoms with Crippen LogP contribution in [0.3, 0.4) is 0 Å². The molecule has 0 N–H and O–H groups in total. The van der Waals surface area contributed by atoms with Crippen LogP contribution in [0.5, 0.6) is 28.7 Å². The quantitative estimate of drug-likeness (QED) is 0.304. The Kier molecular flexibility index (Phi) is 6.96. The molecular weight excluding hydrogens is 448 g/mol. The largest absolute Gasteiger partial charge is 0.497 e. The highest BCUT2D eigenvalue weighted by Gasteiger charge is 2.18. The summed E-state index contributed by atoms with van der Waals surface area (Å²) in [7, 11) is 7.82. The van der Waals surface area contributed by atoms with E-state index in [0.717, 1.165) is 16.9 Å². The highest BCUT2D eigenvalue weighted by atomic mass is 16.5. The van der Waals surface area contributed by atoms with Gasteiger partial charge in [0.15, 0.2) is 16.9 Å². The van der Waals surface area contributed by atoms with Crippen molar-refractivity contribution in [3.8, 4) is 40.1 Å². The Hall–Kier alpha value is -4.39. The van der Waals surface area contributed by atoms with Gasteiger partial charge >= 0.3 is 0 Å². The molecule has 7 heteroatoms. The fourth-order valence-corrected chi connectivity index (χ4v) is 3.79. The fourth-order valence-electron chi connectivity index (χ4n) is 3.79. The van der Waals surface area contributed by atoms with Gasteiger partial charge in [-0.1, -0.05) is 24.3 Å². The second-order valence-corrected chi connectivity index (χ2v) is 7.58. The first-order valence-corrected chi connectivity index (χ1v) is 10.8. The second-order valence-electron chi connectivity index (χ2n) is 7.58. The molecule has 0 radical (unpaired) electrons. The first kappa shape index (κ1) is 23.8. The lowest BCUT2D eigenvalue weighted by Gasteiger charge is -2.15. The van der Waals surface area contributed by atoms with Crippen molar-refractivity contribution in [2.24, 2.45) is 0 Å². The van der Waals surface area contributed by atoms with E-state index in [2.05, 4.69) is 0 Å². The molecule has 1 aromatic heterocycles. The van der Waals surface area contributed by atoms with Crippen LogP contribution in [0, 0.1) is 0 Å². The van der Waals surface area contributed by atoms with Crippen molar-refractivity contribution in [1.29, 1.82) is 0 Å². The fraction of sp³-hybridized carbons (Fsp3) is 0.179. The molecule has 7 nitrogen and oxygen atoms in total. The van der Waals surface area contributed by atoms with Gasteiger partial charge in [-0.3, -0.25) is 4.79 Å². The van der Waals surface area contributed by atoms with Gasteiger partial charge in [0.1, 0.15) is 28.6 Å². The van der Waals surface area contributed by atoms with Crippen molar-refractivity contribution < 1.29 is 28.1 Å². The summed E-state index contributed by atoms with van der Waals surface area (Å²) in [5.41, 5.74) is 2.49. The zero-order valence-electron chi connectivity index (χ0n) is 20.2. The zero-order valence-corrected chi connectivity index (χ0v) is 20.2. The minimum Gasteiger partial charge on any atom is -0.497 e. The topological polar surface area (TPSA) is 76.4 Å². The first-order chi connectivity index (χ1) is 17.0. The Morgan fingerprint density at radius 2 is 1.31 bits per heavy atom. The molecule has 0 aliphatic carbocycles. The number of fused-ring (bicyclic) bond motifs is 1. The Bertz CT molecular complexity index is 1430. The molecule has 4 rings (SSSR count). The Morgan fingerprint density at radius 3 is 1.94 bits per heavy atom. The standard InChI is InChI=1S/C28H26O7/c1-30-19-10-7-17(8-11-19)6-9-18-12-20(31-2)13-26(34-5)28(18)27-15-22(29)21-14-24(32-3)25(33-4)16-23(21)35-27/h6-16H,1-5H3. The number of methoxy groups -OCH3 is 5. The van der Waals surface area contributed by atoms with Crippen LogP contribution in [0.25, 0.3) is 34.4 Å². The van der Waals surface area contributed by atoms with E-state index in [9.17, 15) is 4.79 Å². The van der Waals surface area contributed by atoms with Gasteiger partial charge in [-0.05, 0) is 35.4 Å². The molecule has 4 aromatic rings. The molecule has 0 aliphatic heterocycles. The molecule has 0 bridgehead atoms. The van der Waals surface area contributed by atoms with Gasteiger partial charge in [0, 0.05) is 18.2 Å². The van der Waals surface area contributed by atoms with E-state index in [4.69, 9.17) is 28.1 Å². The number of ether oxygens (including phenoxy) is 5. The van der Waals surface area contributed by atoms with Crippen LogP contribution in [0.1, 0.15) is 11.1 Å². The van der Waals surface area contributed by atoms with Crippen LogP contribution >= 0.6 is 0 Å². The lowest BCUT2D eigenvalue weighted by Crippen LogP contribution is -2.03. The van der Waals surface area contributed by atoms with Crippen LogP contribution in [0.15, 0.2) is 63.8 Å². The molecule has 1 heterocycles. The molecule has 0 unspecified atom stereocenters. The van der Waals surface area contributed by atoms with E-state index >= 15 is 0 Å². The van der Waals surface area contributed by atoms with E-state index in [1.165, 1.54) is 20.3 Å². The van der Waals surface area contributed by atoms with E-state index in [1.54, 1.807) is 39.5 Å². The van der Waals surface area contributed by atoms with Crippen molar-refractivity contribution in [2.45, 2.75) is 0 Å². The summed E-state index contributed by atoms with van der Waals surface area (Å²) in [5, 5.41) is 0.384. The highest BCUT2D eigenvalue weighted by molar-refractivity contribution is 5.87. The Balaban J connectivity index is 1.91. The summed E-state index contributed by atoms with van der Waals surface area (Å²) in [5.74, 6) is 3.14. The van der Waals surface area contributed by atoms with Crippen molar-refractivity contribution in [3.05, 3.63) is 75.9 Å². The average Bonchev–Trinajstić information content (AvgIpc) is 2.90. The van der Waals surface area contributed by atoms with Gasteiger partial charge in [-0.2, -0.15) is 0 Å². The third-order valence-electron chi connectivity index (χ3n) is 5.61. The predicted molar refractivity (Wildman–Crippen MR) is 136 cm³/mol. The predicted octanol–water partition coefficient (Wildman–Crippen LogP) is 5.67. The molecule has 0 saturated carbocycles. The maximum absolute atomic E-state index is 13.1. The van der Waals surface area contributed by atoms with E-state index in [0.29, 0.717) is 45.3 Å². The average molecular weight is 475 g/mol. The van der Waals surface area contributed by atoms with Gasteiger partial charge in [-0.15, -0.1) is 0 Å². The third kappa shape index (κ3) is 4.80. The van der Waals surface area contributed by atoms with Crippen molar-refractivity contribution in [3.63, 3.8) is 0 Å². The van der Waals surface area contributed by atoms with Crippen LogP contribution in [0.4, 0.5) is 0 Å². The number of rotatable bonds is 8. The number of hydrogen-bond donors (Lipinski definition) is 0. The highest BCUT2D eigenvalue weighted by Crippen LogP contribution is 2.40. The molecule has 0 saturated heterocycles. The van der Waals surface area contributed by atoms with Gasteiger partial charge < -0.3 is 28.1 Å². The molecule has 35 heavy (non-hydrogen) atoms. The number of hydrogen-bond acceptors (Lipinski definition) is 7. The van der Waals surface area contributed by atoms with E-state index < -0.39 is 0 Å². The Morgan fingerprint density at radius 1 is 0.657 bits per heavy atom. The van der Waals surface area contributed by atoms with Gasteiger partial charge in [0.2, 0.25) is 0 Å². The SMILES string of the molecule is COc1ccc(C=Cc2cc(OC)cc(OC)c2-c2cc(=O)c3cc(OC)c(OC)cc3o2)cc1. The minimum atomic E-state index is -0.217. The van der Waals surface area contributed by atoms with Crippen molar-refractivity contribution in [1.82, 2.24) is 0 Å². The summed E-state index contributed by atoms with van der Waals surface area (Å²) >= 11 is 0. The maximum atomic E-state index is 13.1. The normalized spacial score (nSPS) is 11.0. The third-order valence-corrected chi connectivity index (χ3v) is 5.61. The molecule has 0 amide bonds. The van der Waals surface area contributed by atoms with Gasteiger partial charge in [0.25, 0.3) is 0 Å². The molecule has 3 aromatic carbocycles. The second kappa shape index (κ2) is 10.3. The lowest BCUT2D eigenvalue weighted by molar-refractivity contribution is 0.355. The molecule has 0 fully saturated rings. The van der Waals surface area contributed by atoms with Gasteiger partial charge in [-0.25, -0.2) is 0 Å². The van der Waals surface area contributed by atoms with Crippen LogP contribution in [-0.2, 0) is 0 Å². The smallest absolute Gasteiger partial charge is 0.193 e. The summed E-state index contributed by atoms with van der Waals surface area (Å²) in [4.78, 5) is 13.1. The molecule has 0 atom stereocenters. The zero-order chi connectivity index (χ0) is 24.9. The van der Waals surface area contributed by atoms with Crippen LogP contribution in [0.2, 0.25) is 0 Å². The van der Waals surface area contributed by atoms with Crippen LogP contribution < -0.4 is 29.1 Å². The monoisotopic (exact) mass is 474 g/mol. The summed E-state index contributed by atoms with van der Waals surface area (Å²) in [6.45, 7) is 0. The Labute approximate surface area is 203 Å². The summed E-state index contributed by atoms with van der Waals surface area (Å²) < 4.78 is 33.3. The number of benzene rings is 3. The minimum absolute atomic E-state index is 0.217. The summed E-state index contributed by atoms with van der Waals surface area (Å²) in [6.07, 6.45) is 3.87. The molecular formula is C28H26O7. The van der Waals surface area contributed by atoms with E-state index in [-0.39, 0.29) is 5.43 Å². The van der Waals surface area contributed by atoms with Crippen molar-refractivity contribution in [2.75, 3.05) is 35.5 Å². The molecule has 0 aliphatic rings. The van der Waals surface area contributed by atoms with Crippen LogP contribution in [-0.4, -0.2) is 35.5 Å². The molecule has 0 spiro atoms. The molecule has 180 valence electrons. The van der Waals surface area contributed by atoms with E-state index in [1.807, 2.05) is 42.5 Å². The van der Waals surface area contributed by atoms with Gasteiger partial charge in [0.05, 0.1) is 46.5 Å².